The Kier molecular flexibility index (Phi) is 8.46. The van der Waals surface area contributed by atoms with Crippen LogP contribution in [0.1, 0.15) is 60.8 Å². The molecule has 23 heavy (non-hydrogen) atoms. The third kappa shape index (κ3) is 6.97. The summed E-state index contributed by atoms with van der Waals surface area (Å²) in [7, 11) is -1.25. The first kappa shape index (κ1) is 21.3. The fourth-order valence-electron chi connectivity index (χ4n) is 4.26. The third-order valence-electron chi connectivity index (χ3n) is 5.37. The van der Waals surface area contributed by atoms with Gasteiger partial charge in [-0.25, -0.2) is 0 Å². The lowest BCUT2D eigenvalue weighted by Gasteiger charge is -2.41. The van der Waals surface area contributed by atoms with E-state index < -0.39 is 22.2 Å². The van der Waals surface area contributed by atoms with Crippen LogP contribution in [-0.4, -0.2) is 39.2 Å². The Hall–Kier alpha value is 0.289. The first-order valence-electron chi connectivity index (χ1n) is 10.0. The SMILES string of the molecule is CC(C)[CH2][Al]([CH2]C(C)C)/[C](=C\N1[C@H](C)CCC[C@@H]1C)[Si](C)(C)C. The molecule has 1 aliphatic rings. The third-order valence-corrected chi connectivity index (χ3v) is 15.1. The van der Waals surface area contributed by atoms with Gasteiger partial charge in [-0.05, 0) is 39.3 Å². The number of nitrogens with zero attached hydrogens (tertiary/aromatic N) is 1. The van der Waals surface area contributed by atoms with Crippen LogP contribution in [0.15, 0.2) is 10.3 Å². The average molecular weight is 352 g/mol. The second-order valence-corrected chi connectivity index (χ2v) is 18.5. The number of hydrogen-bond donors (Lipinski definition) is 0. The van der Waals surface area contributed by atoms with E-state index in [-0.39, 0.29) is 0 Å². The molecule has 3 heteroatoms. The minimum absolute atomic E-state index is 0.734. The van der Waals surface area contributed by atoms with Gasteiger partial charge < -0.3 is 4.90 Å². The molecule has 134 valence electrons. The maximum absolute atomic E-state index is 2.75. The van der Waals surface area contributed by atoms with Crippen molar-refractivity contribution >= 4 is 22.2 Å². The van der Waals surface area contributed by atoms with Crippen LogP contribution in [0.4, 0.5) is 0 Å². The van der Waals surface area contributed by atoms with Gasteiger partial charge in [0.05, 0.1) is 8.07 Å². The van der Waals surface area contributed by atoms with E-state index in [0.29, 0.717) is 0 Å². The predicted molar refractivity (Wildman–Crippen MR) is 111 cm³/mol. The quantitative estimate of drug-likeness (QED) is 0.483. The number of hydrogen-bond acceptors (Lipinski definition) is 1. The van der Waals surface area contributed by atoms with Gasteiger partial charge in [-0.3, -0.25) is 0 Å². The van der Waals surface area contributed by atoms with Crippen LogP contribution in [0, 0.1) is 11.8 Å². The standard InChI is InChI=1S/C12H24NSi.2C4H9.Al/c1-11-7-6-8-12(2)13(11)9-10-14(3,4)5;2*1-4(2)3;/h9,11-12H,6-8H2,1-5H3;2*4H,1H2,2-3H3;/t11-,12+;;;. The molecule has 0 aromatic rings. The molecule has 0 spiro atoms. The lowest BCUT2D eigenvalue weighted by atomic mass is 9.98. The smallest absolute Gasteiger partial charge is 0.297 e. The summed E-state index contributed by atoms with van der Waals surface area (Å²) in [6, 6.07) is 1.47. The molecular formula is C20H42AlNSi. The Bertz CT molecular complexity index is 364. The minimum atomic E-state index is -1.25. The molecule has 0 amide bonds. The van der Waals surface area contributed by atoms with Crippen molar-refractivity contribution in [1.29, 1.82) is 0 Å². The highest BCUT2D eigenvalue weighted by Crippen LogP contribution is 2.31. The normalized spacial score (nSPS) is 23.8. The van der Waals surface area contributed by atoms with E-state index in [2.05, 4.69) is 72.3 Å². The summed E-state index contributed by atoms with van der Waals surface area (Å²) in [6.07, 6.45) is 6.87. The van der Waals surface area contributed by atoms with E-state index in [9.17, 15) is 0 Å². The maximum atomic E-state index is 2.75. The van der Waals surface area contributed by atoms with Crippen molar-refractivity contribution in [3.63, 3.8) is 0 Å². The molecule has 0 radical (unpaired) electrons. The highest BCUT2D eigenvalue weighted by atomic mass is 28.3. The monoisotopic (exact) mass is 351 g/mol. The summed E-state index contributed by atoms with van der Waals surface area (Å²) >= 11 is -0.834. The van der Waals surface area contributed by atoms with Gasteiger partial charge in [-0.1, -0.05) is 69.7 Å². The minimum Gasteiger partial charge on any atom is -0.374 e. The zero-order valence-corrected chi connectivity index (χ0v) is 19.6. The van der Waals surface area contributed by atoms with Gasteiger partial charge in [-0.15, -0.1) is 4.06 Å². The van der Waals surface area contributed by atoms with Gasteiger partial charge >= 0.3 is 0 Å². The first-order chi connectivity index (χ1) is 10.5. The number of rotatable bonds is 7. The Balaban J connectivity index is 3.16. The molecule has 1 fully saturated rings. The molecule has 1 heterocycles. The largest absolute Gasteiger partial charge is 0.374 e. The van der Waals surface area contributed by atoms with Crippen molar-refractivity contribution in [2.75, 3.05) is 0 Å². The molecule has 0 bridgehead atoms. The summed E-state index contributed by atoms with van der Waals surface area (Å²) in [5.41, 5.74) is 0. The lowest BCUT2D eigenvalue weighted by molar-refractivity contribution is 0.164. The first-order valence-corrected chi connectivity index (χ1v) is 15.7. The van der Waals surface area contributed by atoms with Gasteiger partial charge in [0, 0.05) is 12.1 Å². The molecule has 0 saturated carbocycles. The zero-order valence-electron chi connectivity index (χ0n) is 17.4. The Morgan fingerprint density at radius 2 is 1.43 bits per heavy atom. The molecule has 2 atom stereocenters. The van der Waals surface area contributed by atoms with Crippen molar-refractivity contribution in [3.05, 3.63) is 10.3 Å². The summed E-state index contributed by atoms with van der Waals surface area (Å²) in [6.45, 7) is 22.3. The average Bonchev–Trinajstić information content (AvgIpc) is 2.34. The van der Waals surface area contributed by atoms with E-state index in [0.717, 1.165) is 23.9 Å². The van der Waals surface area contributed by atoms with Crippen LogP contribution in [0.25, 0.3) is 0 Å². The van der Waals surface area contributed by atoms with Gasteiger partial charge in [0.1, 0.15) is 0 Å². The summed E-state index contributed by atoms with van der Waals surface area (Å²) < 4.78 is 1.96. The number of piperidine rings is 1. The van der Waals surface area contributed by atoms with Crippen LogP contribution in [0.5, 0.6) is 0 Å². The van der Waals surface area contributed by atoms with Gasteiger partial charge in [-0.2, -0.15) is 0 Å². The van der Waals surface area contributed by atoms with Crippen LogP contribution >= 0.6 is 0 Å². The van der Waals surface area contributed by atoms with E-state index in [4.69, 9.17) is 0 Å². The molecule has 1 saturated heterocycles. The predicted octanol–water partition coefficient (Wildman–Crippen LogP) is 6.36. The van der Waals surface area contributed by atoms with Crippen LogP contribution in [0.2, 0.25) is 30.2 Å². The second kappa shape index (κ2) is 9.12. The lowest BCUT2D eigenvalue weighted by Crippen LogP contribution is -2.44. The van der Waals surface area contributed by atoms with E-state index in [1.807, 2.05) is 4.06 Å². The Morgan fingerprint density at radius 3 is 1.78 bits per heavy atom. The fourth-order valence-corrected chi connectivity index (χ4v) is 13.8. The van der Waals surface area contributed by atoms with E-state index in [1.54, 1.807) is 0 Å². The molecule has 1 aliphatic heterocycles. The molecular weight excluding hydrogens is 309 g/mol. The summed E-state index contributed by atoms with van der Waals surface area (Å²) in [5, 5.41) is 2.98. The molecule has 1 rings (SSSR count). The summed E-state index contributed by atoms with van der Waals surface area (Å²) in [5.74, 6) is 1.70. The van der Waals surface area contributed by atoms with Crippen molar-refractivity contribution in [1.82, 2.24) is 4.90 Å². The van der Waals surface area contributed by atoms with Crippen molar-refractivity contribution in [2.45, 2.75) is 103 Å². The van der Waals surface area contributed by atoms with Crippen molar-refractivity contribution in [2.24, 2.45) is 11.8 Å². The van der Waals surface area contributed by atoms with Crippen LogP contribution in [-0.2, 0) is 0 Å². The molecule has 0 aliphatic carbocycles. The van der Waals surface area contributed by atoms with Crippen LogP contribution < -0.4 is 0 Å². The Labute approximate surface area is 152 Å². The zero-order chi connectivity index (χ0) is 17.8. The van der Waals surface area contributed by atoms with Crippen molar-refractivity contribution < 1.29 is 0 Å². The maximum Gasteiger partial charge on any atom is 0.297 e. The highest BCUT2D eigenvalue weighted by Gasteiger charge is 2.34. The van der Waals surface area contributed by atoms with Gasteiger partial charge in [0.15, 0.2) is 0 Å². The van der Waals surface area contributed by atoms with E-state index >= 15 is 0 Å². The molecule has 0 unspecified atom stereocenters. The van der Waals surface area contributed by atoms with E-state index in [1.165, 1.54) is 29.8 Å². The second-order valence-electron chi connectivity index (χ2n) is 9.87. The summed E-state index contributed by atoms with van der Waals surface area (Å²) in [4.78, 5) is 2.75. The van der Waals surface area contributed by atoms with Crippen molar-refractivity contribution in [3.8, 4) is 0 Å². The van der Waals surface area contributed by atoms with Gasteiger partial charge in [0.25, 0.3) is 14.1 Å². The molecule has 1 nitrogen and oxygen atoms in total. The van der Waals surface area contributed by atoms with Gasteiger partial charge in [0.2, 0.25) is 0 Å². The molecule has 0 aromatic carbocycles. The fraction of sp³-hybridized carbons (Fsp3) is 0.900. The molecule has 0 aromatic heterocycles. The topological polar surface area (TPSA) is 3.24 Å². The highest BCUT2D eigenvalue weighted by molar-refractivity contribution is 6.98. The molecule has 0 N–H and O–H groups in total. The van der Waals surface area contributed by atoms with Crippen LogP contribution in [0.3, 0.4) is 0 Å². The number of likely N-dealkylation sites (tertiary alicyclic amines) is 1. The Morgan fingerprint density at radius 1 is 1.00 bits per heavy atom.